The molecule has 0 heterocycles. The summed E-state index contributed by atoms with van der Waals surface area (Å²) < 4.78 is 13.1. The van der Waals surface area contributed by atoms with Crippen LogP contribution in [0.3, 0.4) is 0 Å². The largest absolute Gasteiger partial charge is 0.357 e. The van der Waals surface area contributed by atoms with Gasteiger partial charge in [0.25, 0.3) is 0 Å². The van der Waals surface area contributed by atoms with Gasteiger partial charge in [0.05, 0.1) is 6.54 Å². The van der Waals surface area contributed by atoms with Crippen LogP contribution in [-0.4, -0.2) is 19.0 Å². The fourth-order valence-electron chi connectivity index (χ4n) is 2.11. The molecule has 4 heteroatoms. The predicted molar refractivity (Wildman–Crippen MR) is 89.4 cm³/mol. The summed E-state index contributed by atoms with van der Waals surface area (Å²) in [5.41, 5.74) is 2.15. The molecule has 2 aromatic rings. The highest BCUT2D eigenvalue weighted by atomic mass is 19.1. The molecule has 0 aliphatic carbocycles. The van der Waals surface area contributed by atoms with E-state index in [1.165, 1.54) is 11.6 Å². The lowest BCUT2D eigenvalue weighted by atomic mass is 10.1. The van der Waals surface area contributed by atoms with Gasteiger partial charge in [0.15, 0.2) is 5.96 Å². The minimum atomic E-state index is -0.192. The fourth-order valence-corrected chi connectivity index (χ4v) is 2.11. The molecule has 0 bridgehead atoms. The minimum absolute atomic E-state index is 0.192. The quantitative estimate of drug-likeness (QED) is 0.635. The maximum atomic E-state index is 13.1. The number of hydrogen-bond acceptors (Lipinski definition) is 1. The number of halogens is 1. The van der Waals surface area contributed by atoms with E-state index in [1.54, 1.807) is 12.1 Å². The first kappa shape index (κ1) is 16.0. The average Bonchev–Trinajstić information content (AvgIpc) is 2.54. The number of nitrogens with one attached hydrogen (secondary N) is 2. The number of benzene rings is 2. The number of aliphatic imine (C=N–C) groups is 1. The summed E-state index contributed by atoms with van der Waals surface area (Å²) in [5.74, 6) is 0.588. The molecule has 0 fully saturated rings. The monoisotopic (exact) mass is 299 g/mol. The van der Waals surface area contributed by atoms with E-state index in [1.807, 2.05) is 31.2 Å². The van der Waals surface area contributed by atoms with Gasteiger partial charge in [-0.05, 0) is 36.6 Å². The molecule has 22 heavy (non-hydrogen) atoms. The first-order chi connectivity index (χ1) is 10.8. The van der Waals surface area contributed by atoms with Crippen LogP contribution in [0.1, 0.15) is 18.1 Å². The molecule has 2 rings (SSSR count). The van der Waals surface area contributed by atoms with Crippen molar-refractivity contribution in [2.45, 2.75) is 19.9 Å². The molecular weight excluding hydrogens is 277 g/mol. The molecule has 0 atom stereocenters. The van der Waals surface area contributed by atoms with Crippen LogP contribution in [0.2, 0.25) is 0 Å². The topological polar surface area (TPSA) is 36.4 Å². The van der Waals surface area contributed by atoms with E-state index < -0.39 is 0 Å². The van der Waals surface area contributed by atoms with Crippen molar-refractivity contribution in [1.82, 2.24) is 10.6 Å². The Morgan fingerprint density at radius 1 is 1.00 bits per heavy atom. The Kier molecular flexibility index (Phi) is 6.42. The molecule has 0 saturated carbocycles. The molecule has 0 aliphatic rings. The summed E-state index contributed by atoms with van der Waals surface area (Å²) in [5, 5.41) is 6.49. The second-order valence-corrected chi connectivity index (χ2v) is 4.99. The van der Waals surface area contributed by atoms with Gasteiger partial charge < -0.3 is 10.6 Å². The van der Waals surface area contributed by atoms with Crippen molar-refractivity contribution in [3.05, 3.63) is 71.5 Å². The molecule has 2 aromatic carbocycles. The smallest absolute Gasteiger partial charge is 0.191 e. The van der Waals surface area contributed by atoms with E-state index in [0.29, 0.717) is 13.1 Å². The number of nitrogens with zero attached hydrogens (tertiary/aromatic N) is 1. The number of hydrogen-bond donors (Lipinski definition) is 2. The zero-order valence-electron chi connectivity index (χ0n) is 12.8. The molecule has 0 unspecified atom stereocenters. The van der Waals surface area contributed by atoms with Crippen LogP contribution in [0.5, 0.6) is 0 Å². The highest BCUT2D eigenvalue weighted by Gasteiger charge is 1.99. The van der Waals surface area contributed by atoms with E-state index >= 15 is 0 Å². The third-order valence-electron chi connectivity index (χ3n) is 3.20. The number of guanidine groups is 1. The molecule has 2 N–H and O–H groups in total. The second kappa shape index (κ2) is 8.82. The molecule has 0 amide bonds. The highest BCUT2D eigenvalue weighted by molar-refractivity contribution is 5.79. The molecule has 116 valence electrons. The Labute approximate surface area is 131 Å². The van der Waals surface area contributed by atoms with Gasteiger partial charge in [0, 0.05) is 13.1 Å². The molecule has 0 spiro atoms. The molecule has 0 aromatic heterocycles. The summed E-state index contributed by atoms with van der Waals surface area (Å²) >= 11 is 0. The average molecular weight is 299 g/mol. The lowest BCUT2D eigenvalue weighted by Crippen LogP contribution is -2.38. The third-order valence-corrected chi connectivity index (χ3v) is 3.20. The molecule has 3 nitrogen and oxygen atoms in total. The Bertz CT molecular complexity index is 596. The van der Waals surface area contributed by atoms with Crippen molar-refractivity contribution < 1.29 is 4.39 Å². The Morgan fingerprint density at radius 3 is 2.50 bits per heavy atom. The van der Waals surface area contributed by atoms with Gasteiger partial charge in [-0.3, -0.25) is 0 Å². The maximum Gasteiger partial charge on any atom is 0.191 e. The van der Waals surface area contributed by atoms with Gasteiger partial charge >= 0.3 is 0 Å². The first-order valence-corrected chi connectivity index (χ1v) is 7.58. The van der Waals surface area contributed by atoms with Gasteiger partial charge in [0.2, 0.25) is 0 Å². The van der Waals surface area contributed by atoms with Crippen LogP contribution in [-0.2, 0) is 13.0 Å². The van der Waals surface area contributed by atoms with E-state index in [9.17, 15) is 4.39 Å². The lowest BCUT2D eigenvalue weighted by Gasteiger charge is -2.11. The lowest BCUT2D eigenvalue weighted by molar-refractivity contribution is 0.625. The molecule has 0 radical (unpaired) electrons. The number of rotatable bonds is 6. The van der Waals surface area contributed by atoms with Gasteiger partial charge in [0.1, 0.15) is 5.82 Å². The van der Waals surface area contributed by atoms with Crippen LogP contribution in [0, 0.1) is 5.82 Å². The highest BCUT2D eigenvalue weighted by Crippen LogP contribution is 2.03. The SMILES string of the molecule is CCNC(=NCc1ccccc1)NCCc1cccc(F)c1. The molecule has 0 aliphatic heterocycles. The zero-order chi connectivity index (χ0) is 15.6. The standard InChI is InChI=1S/C18H22FN3/c1-2-20-18(22-14-16-7-4-3-5-8-16)21-12-11-15-9-6-10-17(19)13-15/h3-10,13H,2,11-12,14H2,1H3,(H2,20,21,22). The van der Waals surface area contributed by atoms with Crippen molar-refractivity contribution >= 4 is 5.96 Å². The summed E-state index contributed by atoms with van der Waals surface area (Å²) in [6.45, 7) is 4.19. The van der Waals surface area contributed by atoms with Crippen molar-refractivity contribution in [3.8, 4) is 0 Å². The predicted octanol–water partition coefficient (Wildman–Crippen LogP) is 3.12. The summed E-state index contributed by atoms with van der Waals surface area (Å²) in [6, 6.07) is 16.8. The van der Waals surface area contributed by atoms with Gasteiger partial charge in [-0.15, -0.1) is 0 Å². The van der Waals surface area contributed by atoms with Crippen LogP contribution in [0.4, 0.5) is 4.39 Å². The van der Waals surface area contributed by atoms with Gasteiger partial charge in [-0.25, -0.2) is 9.38 Å². The summed E-state index contributed by atoms with van der Waals surface area (Å²) in [6.07, 6.45) is 0.757. The Morgan fingerprint density at radius 2 is 1.77 bits per heavy atom. The Hall–Kier alpha value is -2.36. The summed E-state index contributed by atoms with van der Waals surface area (Å²) in [7, 11) is 0. The first-order valence-electron chi connectivity index (χ1n) is 7.58. The van der Waals surface area contributed by atoms with Crippen LogP contribution in [0.15, 0.2) is 59.6 Å². The van der Waals surface area contributed by atoms with E-state index in [0.717, 1.165) is 24.5 Å². The fraction of sp³-hybridized carbons (Fsp3) is 0.278. The molecule has 0 saturated heterocycles. The zero-order valence-corrected chi connectivity index (χ0v) is 12.8. The van der Waals surface area contributed by atoms with Crippen molar-refractivity contribution in [3.63, 3.8) is 0 Å². The van der Waals surface area contributed by atoms with E-state index in [4.69, 9.17) is 0 Å². The van der Waals surface area contributed by atoms with E-state index in [2.05, 4.69) is 27.8 Å². The van der Waals surface area contributed by atoms with Crippen LogP contribution >= 0.6 is 0 Å². The van der Waals surface area contributed by atoms with Crippen LogP contribution < -0.4 is 10.6 Å². The van der Waals surface area contributed by atoms with Gasteiger partial charge in [-0.1, -0.05) is 42.5 Å². The second-order valence-electron chi connectivity index (χ2n) is 4.99. The van der Waals surface area contributed by atoms with Crippen molar-refractivity contribution in [2.24, 2.45) is 4.99 Å². The maximum absolute atomic E-state index is 13.1. The third kappa shape index (κ3) is 5.56. The van der Waals surface area contributed by atoms with Crippen molar-refractivity contribution in [1.29, 1.82) is 0 Å². The van der Waals surface area contributed by atoms with E-state index in [-0.39, 0.29) is 5.82 Å². The van der Waals surface area contributed by atoms with Crippen molar-refractivity contribution in [2.75, 3.05) is 13.1 Å². The van der Waals surface area contributed by atoms with Gasteiger partial charge in [-0.2, -0.15) is 0 Å². The minimum Gasteiger partial charge on any atom is -0.357 e. The molecular formula is C18H22FN3. The van der Waals surface area contributed by atoms with Crippen LogP contribution in [0.25, 0.3) is 0 Å². The Balaban J connectivity index is 1.86. The summed E-state index contributed by atoms with van der Waals surface area (Å²) in [4.78, 5) is 4.55. The normalized spacial score (nSPS) is 11.3.